The van der Waals surface area contributed by atoms with Crippen molar-refractivity contribution in [3.63, 3.8) is 0 Å². The van der Waals surface area contributed by atoms with E-state index in [1.165, 1.54) is 0 Å². The summed E-state index contributed by atoms with van der Waals surface area (Å²) in [5.74, 6) is 0.800. The maximum atomic E-state index is 6.27. The van der Waals surface area contributed by atoms with Crippen molar-refractivity contribution in [2.24, 2.45) is 5.73 Å². The van der Waals surface area contributed by atoms with E-state index in [0.29, 0.717) is 21.6 Å². The number of fused-ring (bicyclic) bond motifs is 1. The van der Waals surface area contributed by atoms with Crippen LogP contribution in [0.1, 0.15) is 5.56 Å². The first-order valence-corrected chi connectivity index (χ1v) is 7.36. The van der Waals surface area contributed by atoms with Crippen molar-refractivity contribution in [1.82, 2.24) is 0 Å². The van der Waals surface area contributed by atoms with E-state index in [-0.39, 0.29) is 6.10 Å². The second-order valence-corrected chi connectivity index (χ2v) is 6.03. The smallest absolute Gasteiger partial charge is 0.131 e. The maximum Gasteiger partial charge on any atom is 0.131 e. The molecule has 0 fully saturated rings. The summed E-state index contributed by atoms with van der Waals surface area (Å²) in [5, 5.41) is 1.88. The number of hydrogen-bond donors (Lipinski definition) is 1. The Hall–Kier alpha value is -0.930. The zero-order valence-electron chi connectivity index (χ0n) is 10.5. The van der Waals surface area contributed by atoms with Crippen molar-refractivity contribution < 1.29 is 4.74 Å². The summed E-state index contributed by atoms with van der Waals surface area (Å²) in [7, 11) is 0. The van der Waals surface area contributed by atoms with Gasteiger partial charge in [0.15, 0.2) is 0 Å². The van der Waals surface area contributed by atoms with Crippen molar-refractivity contribution in [3.05, 3.63) is 51.0 Å². The van der Waals surface area contributed by atoms with Crippen LogP contribution < -0.4 is 10.5 Å². The molecule has 2 nitrogen and oxygen atoms in total. The topological polar surface area (TPSA) is 35.2 Å². The molecular formula is C15H12Cl3NO. The molecule has 2 N–H and O–H groups in total. The molecule has 0 aromatic heterocycles. The van der Waals surface area contributed by atoms with Gasteiger partial charge in [0.1, 0.15) is 11.9 Å². The molecular weight excluding hydrogens is 317 g/mol. The molecule has 0 saturated heterocycles. The Kier molecular flexibility index (Phi) is 3.83. The van der Waals surface area contributed by atoms with Gasteiger partial charge in [0.05, 0.1) is 0 Å². The first kappa shape index (κ1) is 14.0. The molecule has 2 aromatic rings. The van der Waals surface area contributed by atoms with E-state index in [4.69, 9.17) is 45.3 Å². The van der Waals surface area contributed by atoms with Crippen LogP contribution in [0.5, 0.6) is 5.75 Å². The monoisotopic (exact) mass is 327 g/mol. The van der Waals surface area contributed by atoms with Crippen LogP contribution in [0.3, 0.4) is 0 Å². The summed E-state index contributed by atoms with van der Waals surface area (Å²) < 4.78 is 5.91. The summed E-state index contributed by atoms with van der Waals surface area (Å²) in [4.78, 5) is 0. The third-order valence-electron chi connectivity index (χ3n) is 3.34. The maximum absolute atomic E-state index is 6.27. The minimum Gasteiger partial charge on any atom is -0.488 e. The summed E-state index contributed by atoms with van der Waals surface area (Å²) in [6.07, 6.45) is 0.748. The molecule has 0 radical (unpaired) electrons. The second kappa shape index (κ2) is 5.45. The van der Waals surface area contributed by atoms with Crippen molar-refractivity contribution in [2.75, 3.05) is 6.54 Å². The molecule has 0 spiro atoms. The van der Waals surface area contributed by atoms with Gasteiger partial charge in [0.25, 0.3) is 0 Å². The lowest BCUT2D eigenvalue weighted by molar-refractivity contribution is 0.242. The molecule has 0 saturated carbocycles. The number of nitrogens with two attached hydrogens (primary N) is 1. The first-order valence-electron chi connectivity index (χ1n) is 6.23. The van der Waals surface area contributed by atoms with Crippen molar-refractivity contribution in [2.45, 2.75) is 12.5 Å². The van der Waals surface area contributed by atoms with Gasteiger partial charge in [0, 0.05) is 39.2 Å². The van der Waals surface area contributed by atoms with Crippen molar-refractivity contribution in [1.29, 1.82) is 0 Å². The van der Waals surface area contributed by atoms with Gasteiger partial charge in [-0.1, -0.05) is 34.8 Å². The molecule has 3 rings (SSSR count). The van der Waals surface area contributed by atoms with Crippen LogP contribution >= 0.6 is 34.8 Å². The predicted molar refractivity (Wildman–Crippen MR) is 84.1 cm³/mol. The SMILES string of the molecule is NC[C@@H]1Cc2cc(Cl)cc(-c3cc(Cl)ccc3Cl)c2O1. The van der Waals surface area contributed by atoms with Crippen LogP contribution in [-0.2, 0) is 6.42 Å². The van der Waals surface area contributed by atoms with E-state index in [1.807, 2.05) is 18.2 Å². The molecule has 20 heavy (non-hydrogen) atoms. The van der Waals surface area contributed by atoms with E-state index in [9.17, 15) is 0 Å². The molecule has 104 valence electrons. The van der Waals surface area contributed by atoms with Gasteiger partial charge < -0.3 is 10.5 Å². The van der Waals surface area contributed by atoms with Crippen LogP contribution in [-0.4, -0.2) is 12.6 Å². The minimum absolute atomic E-state index is 0.0137. The lowest BCUT2D eigenvalue weighted by atomic mass is 10.0. The Morgan fingerprint density at radius 1 is 1.05 bits per heavy atom. The molecule has 0 amide bonds. The highest BCUT2D eigenvalue weighted by Gasteiger charge is 2.26. The molecule has 1 atom stereocenters. The van der Waals surface area contributed by atoms with E-state index in [2.05, 4.69) is 0 Å². The van der Waals surface area contributed by atoms with Gasteiger partial charge in [0.2, 0.25) is 0 Å². The fourth-order valence-electron chi connectivity index (χ4n) is 2.43. The van der Waals surface area contributed by atoms with Crippen LogP contribution in [0, 0.1) is 0 Å². The Labute approximate surface area is 132 Å². The highest BCUT2D eigenvalue weighted by Crippen LogP contribution is 2.43. The lowest BCUT2D eigenvalue weighted by Crippen LogP contribution is -2.24. The van der Waals surface area contributed by atoms with Gasteiger partial charge in [-0.2, -0.15) is 0 Å². The number of benzene rings is 2. The average molecular weight is 329 g/mol. The lowest BCUT2D eigenvalue weighted by Gasteiger charge is -2.13. The highest BCUT2D eigenvalue weighted by atomic mass is 35.5. The standard InChI is InChI=1S/C15H12Cl3NO/c16-9-1-2-14(18)12(5-9)13-6-10(17)3-8-4-11(7-19)20-15(8)13/h1-3,5-6,11H,4,7,19H2/t11-/m0/s1. The van der Waals surface area contributed by atoms with Gasteiger partial charge in [-0.05, 0) is 35.9 Å². The number of rotatable bonds is 2. The van der Waals surface area contributed by atoms with E-state index < -0.39 is 0 Å². The fourth-order valence-corrected chi connectivity index (χ4v) is 3.06. The molecule has 2 aromatic carbocycles. The minimum atomic E-state index is -0.0137. The Morgan fingerprint density at radius 2 is 1.80 bits per heavy atom. The fraction of sp³-hybridized carbons (Fsp3) is 0.200. The van der Waals surface area contributed by atoms with E-state index in [0.717, 1.165) is 28.9 Å². The number of ether oxygens (including phenoxy) is 1. The van der Waals surface area contributed by atoms with E-state index in [1.54, 1.807) is 12.1 Å². The van der Waals surface area contributed by atoms with Crippen LogP contribution in [0.15, 0.2) is 30.3 Å². The summed E-state index contributed by atoms with van der Waals surface area (Å²) in [6, 6.07) is 9.09. The Balaban J connectivity index is 2.18. The molecule has 1 aliphatic heterocycles. The zero-order chi connectivity index (χ0) is 14.3. The number of halogens is 3. The van der Waals surface area contributed by atoms with Gasteiger partial charge in [-0.3, -0.25) is 0 Å². The Bertz CT molecular complexity index is 672. The third kappa shape index (κ3) is 2.49. The quantitative estimate of drug-likeness (QED) is 0.876. The van der Waals surface area contributed by atoms with Crippen molar-refractivity contribution >= 4 is 34.8 Å². The van der Waals surface area contributed by atoms with Crippen LogP contribution in [0.4, 0.5) is 0 Å². The molecule has 0 unspecified atom stereocenters. The summed E-state index contributed by atoms with van der Waals surface area (Å²) >= 11 is 18.5. The molecule has 1 heterocycles. The normalized spacial score (nSPS) is 16.9. The van der Waals surface area contributed by atoms with Crippen LogP contribution in [0.25, 0.3) is 11.1 Å². The predicted octanol–water partition coefficient (Wildman–Crippen LogP) is 4.58. The van der Waals surface area contributed by atoms with Crippen molar-refractivity contribution in [3.8, 4) is 16.9 Å². The van der Waals surface area contributed by atoms with Gasteiger partial charge in [-0.25, -0.2) is 0 Å². The van der Waals surface area contributed by atoms with Crippen LogP contribution in [0.2, 0.25) is 15.1 Å². The third-order valence-corrected chi connectivity index (χ3v) is 4.13. The van der Waals surface area contributed by atoms with Gasteiger partial charge >= 0.3 is 0 Å². The molecule has 1 aliphatic rings. The zero-order valence-corrected chi connectivity index (χ0v) is 12.8. The number of hydrogen-bond acceptors (Lipinski definition) is 2. The molecule has 5 heteroatoms. The summed E-state index contributed by atoms with van der Waals surface area (Å²) in [6.45, 7) is 0.467. The highest BCUT2D eigenvalue weighted by molar-refractivity contribution is 6.35. The largest absolute Gasteiger partial charge is 0.488 e. The van der Waals surface area contributed by atoms with Gasteiger partial charge in [-0.15, -0.1) is 0 Å². The Morgan fingerprint density at radius 3 is 2.55 bits per heavy atom. The molecule has 0 bridgehead atoms. The van der Waals surface area contributed by atoms with E-state index >= 15 is 0 Å². The molecule has 0 aliphatic carbocycles. The first-order chi connectivity index (χ1) is 9.58. The second-order valence-electron chi connectivity index (χ2n) is 4.75. The summed E-state index contributed by atoms with van der Waals surface area (Å²) in [5.41, 5.74) is 8.42. The average Bonchev–Trinajstić information content (AvgIpc) is 2.83.